The van der Waals surface area contributed by atoms with Crippen LogP contribution in [-0.2, 0) is 0 Å². The number of rotatable bonds is 4. The van der Waals surface area contributed by atoms with Crippen molar-refractivity contribution in [3.63, 3.8) is 0 Å². The Morgan fingerprint density at radius 3 is 2.06 bits per heavy atom. The molecule has 3 heterocycles. The monoisotopic (exact) mass is 421 g/mol. The molecule has 0 atom stereocenters. The van der Waals surface area contributed by atoms with Crippen LogP contribution in [0, 0.1) is 0 Å². The van der Waals surface area contributed by atoms with E-state index in [0.29, 0.717) is 13.1 Å². The summed E-state index contributed by atoms with van der Waals surface area (Å²) < 4.78 is 0. The highest BCUT2D eigenvalue weighted by molar-refractivity contribution is 5.95. The summed E-state index contributed by atoms with van der Waals surface area (Å²) in [4.78, 5) is 21.2. The molecule has 0 N–H and O–H groups in total. The minimum Gasteiger partial charge on any atom is -0.352 e. The number of amides is 1. The van der Waals surface area contributed by atoms with Crippen LogP contribution in [0.2, 0.25) is 0 Å². The summed E-state index contributed by atoms with van der Waals surface area (Å²) in [6.07, 6.45) is 3.52. The van der Waals surface area contributed by atoms with E-state index in [2.05, 4.69) is 32.2 Å². The number of anilines is 1. The summed E-state index contributed by atoms with van der Waals surface area (Å²) in [6, 6.07) is 25.8. The van der Waals surface area contributed by atoms with E-state index in [0.717, 1.165) is 46.9 Å². The molecule has 1 saturated heterocycles. The summed E-state index contributed by atoms with van der Waals surface area (Å²) in [5, 5.41) is 8.74. The summed E-state index contributed by atoms with van der Waals surface area (Å²) in [5.74, 6) is 0.902. The van der Waals surface area contributed by atoms with Gasteiger partial charge in [0.2, 0.25) is 0 Å². The van der Waals surface area contributed by atoms with E-state index in [9.17, 15) is 4.79 Å². The molecule has 5 rings (SSSR count). The number of benzene rings is 2. The maximum Gasteiger partial charge on any atom is 0.253 e. The van der Waals surface area contributed by atoms with Gasteiger partial charge in [-0.05, 0) is 47.5 Å². The van der Waals surface area contributed by atoms with Crippen LogP contribution in [0.15, 0.2) is 91.3 Å². The van der Waals surface area contributed by atoms with Gasteiger partial charge in [-0.2, -0.15) is 0 Å². The van der Waals surface area contributed by atoms with Gasteiger partial charge < -0.3 is 9.80 Å². The molecular formula is C26H23N5O. The van der Waals surface area contributed by atoms with Crippen LogP contribution in [0.1, 0.15) is 10.4 Å². The average Bonchev–Trinajstić information content (AvgIpc) is 2.90. The molecule has 158 valence electrons. The summed E-state index contributed by atoms with van der Waals surface area (Å²) in [7, 11) is 0. The second-order valence-corrected chi connectivity index (χ2v) is 7.74. The molecule has 0 bridgehead atoms. The third-order valence-electron chi connectivity index (χ3n) is 5.74. The van der Waals surface area contributed by atoms with Crippen molar-refractivity contribution >= 4 is 11.7 Å². The zero-order valence-electron chi connectivity index (χ0n) is 17.6. The van der Waals surface area contributed by atoms with Gasteiger partial charge in [0, 0.05) is 49.7 Å². The molecule has 32 heavy (non-hydrogen) atoms. The maximum atomic E-state index is 13.0. The van der Waals surface area contributed by atoms with E-state index in [4.69, 9.17) is 0 Å². The standard InChI is InChI=1S/C26H23N5O/c32-26(22-10-8-21(9-11-22)20-5-2-1-3-6-20)31-17-15-30(16-18-31)25-13-12-24(28-29-25)23-7-4-14-27-19-23/h1-14,19H,15-18H2. The predicted molar refractivity (Wildman–Crippen MR) is 125 cm³/mol. The molecule has 1 aliphatic rings. The number of carbonyl (C=O) groups excluding carboxylic acids is 1. The molecule has 1 aliphatic heterocycles. The van der Waals surface area contributed by atoms with Gasteiger partial charge in [0.15, 0.2) is 5.82 Å². The number of pyridine rings is 1. The van der Waals surface area contributed by atoms with Crippen molar-refractivity contribution in [1.82, 2.24) is 20.1 Å². The Bertz CT molecular complexity index is 1170. The van der Waals surface area contributed by atoms with Gasteiger partial charge in [-0.1, -0.05) is 42.5 Å². The molecule has 0 aliphatic carbocycles. The largest absolute Gasteiger partial charge is 0.352 e. The maximum absolute atomic E-state index is 13.0. The Morgan fingerprint density at radius 2 is 1.41 bits per heavy atom. The first-order valence-corrected chi connectivity index (χ1v) is 10.7. The topological polar surface area (TPSA) is 62.2 Å². The molecule has 6 nitrogen and oxygen atoms in total. The molecule has 0 radical (unpaired) electrons. The molecule has 0 saturated carbocycles. The van der Waals surface area contributed by atoms with E-state index < -0.39 is 0 Å². The number of carbonyl (C=O) groups is 1. The van der Waals surface area contributed by atoms with Gasteiger partial charge >= 0.3 is 0 Å². The number of aromatic nitrogens is 3. The van der Waals surface area contributed by atoms with Gasteiger partial charge in [-0.3, -0.25) is 9.78 Å². The van der Waals surface area contributed by atoms with Crippen LogP contribution >= 0.6 is 0 Å². The van der Waals surface area contributed by atoms with Gasteiger partial charge in [0.1, 0.15) is 0 Å². The van der Waals surface area contributed by atoms with Gasteiger partial charge in [0.25, 0.3) is 5.91 Å². The van der Waals surface area contributed by atoms with Crippen LogP contribution < -0.4 is 4.90 Å². The van der Waals surface area contributed by atoms with Crippen molar-refractivity contribution in [1.29, 1.82) is 0 Å². The third kappa shape index (κ3) is 4.21. The Kier molecular flexibility index (Phi) is 5.58. The summed E-state index contributed by atoms with van der Waals surface area (Å²) in [6.45, 7) is 2.78. The lowest BCUT2D eigenvalue weighted by Crippen LogP contribution is -2.49. The molecule has 6 heteroatoms. The first-order valence-electron chi connectivity index (χ1n) is 10.7. The smallest absolute Gasteiger partial charge is 0.253 e. The highest BCUT2D eigenvalue weighted by atomic mass is 16.2. The highest BCUT2D eigenvalue weighted by Gasteiger charge is 2.23. The van der Waals surface area contributed by atoms with E-state index in [1.165, 1.54) is 0 Å². The van der Waals surface area contributed by atoms with Gasteiger partial charge in [-0.25, -0.2) is 0 Å². The van der Waals surface area contributed by atoms with Crippen molar-refractivity contribution in [3.05, 3.63) is 96.8 Å². The number of piperazine rings is 1. The van der Waals surface area contributed by atoms with Crippen LogP contribution in [0.25, 0.3) is 22.4 Å². The highest BCUT2D eigenvalue weighted by Crippen LogP contribution is 2.21. The molecule has 0 unspecified atom stereocenters. The molecular weight excluding hydrogens is 398 g/mol. The second kappa shape index (κ2) is 8.98. The predicted octanol–water partition coefficient (Wildman–Crippen LogP) is 4.17. The minimum absolute atomic E-state index is 0.0715. The third-order valence-corrected chi connectivity index (χ3v) is 5.74. The Labute approximate surface area is 187 Å². The van der Waals surface area contributed by atoms with Crippen molar-refractivity contribution in [3.8, 4) is 22.4 Å². The van der Waals surface area contributed by atoms with E-state index in [-0.39, 0.29) is 5.91 Å². The number of hydrogen-bond acceptors (Lipinski definition) is 5. The lowest BCUT2D eigenvalue weighted by atomic mass is 10.0. The van der Waals surface area contributed by atoms with Gasteiger partial charge in [0.05, 0.1) is 5.69 Å². The zero-order chi connectivity index (χ0) is 21.8. The van der Waals surface area contributed by atoms with Gasteiger partial charge in [-0.15, -0.1) is 10.2 Å². The van der Waals surface area contributed by atoms with Crippen molar-refractivity contribution in [2.24, 2.45) is 0 Å². The minimum atomic E-state index is 0.0715. The summed E-state index contributed by atoms with van der Waals surface area (Å²) in [5.41, 5.74) is 4.73. The van der Waals surface area contributed by atoms with Crippen LogP contribution in [-0.4, -0.2) is 52.2 Å². The zero-order valence-corrected chi connectivity index (χ0v) is 17.6. The van der Waals surface area contributed by atoms with Crippen molar-refractivity contribution < 1.29 is 4.79 Å². The quantitative estimate of drug-likeness (QED) is 0.495. The van der Waals surface area contributed by atoms with E-state index in [1.807, 2.05) is 71.6 Å². The van der Waals surface area contributed by atoms with E-state index in [1.54, 1.807) is 12.4 Å². The SMILES string of the molecule is O=C(c1ccc(-c2ccccc2)cc1)N1CCN(c2ccc(-c3cccnc3)nn2)CC1. The van der Waals surface area contributed by atoms with Crippen molar-refractivity contribution in [2.45, 2.75) is 0 Å². The molecule has 2 aromatic carbocycles. The first-order chi connectivity index (χ1) is 15.8. The number of hydrogen-bond donors (Lipinski definition) is 0. The molecule has 2 aromatic heterocycles. The molecule has 1 amide bonds. The van der Waals surface area contributed by atoms with Crippen LogP contribution in [0.3, 0.4) is 0 Å². The lowest BCUT2D eigenvalue weighted by Gasteiger charge is -2.35. The average molecular weight is 422 g/mol. The van der Waals surface area contributed by atoms with Crippen molar-refractivity contribution in [2.75, 3.05) is 31.1 Å². The van der Waals surface area contributed by atoms with Crippen LogP contribution in [0.4, 0.5) is 5.82 Å². The molecule has 1 fully saturated rings. The first kappa shape index (κ1) is 19.9. The Hall–Kier alpha value is -4.06. The molecule has 0 spiro atoms. The Morgan fingerprint density at radius 1 is 0.688 bits per heavy atom. The number of nitrogens with zero attached hydrogens (tertiary/aromatic N) is 5. The fraction of sp³-hybridized carbons (Fsp3) is 0.154. The molecule has 4 aromatic rings. The fourth-order valence-corrected chi connectivity index (χ4v) is 3.92. The second-order valence-electron chi connectivity index (χ2n) is 7.74. The van der Waals surface area contributed by atoms with Crippen LogP contribution in [0.5, 0.6) is 0 Å². The van der Waals surface area contributed by atoms with E-state index >= 15 is 0 Å². The lowest BCUT2D eigenvalue weighted by molar-refractivity contribution is 0.0746. The fourth-order valence-electron chi connectivity index (χ4n) is 3.92. The summed E-state index contributed by atoms with van der Waals surface area (Å²) >= 11 is 0. The normalized spacial score (nSPS) is 13.8. The Balaban J connectivity index is 1.20.